The van der Waals surface area contributed by atoms with Crippen LogP contribution in [0, 0.1) is 5.92 Å². The highest BCUT2D eigenvalue weighted by atomic mass is 16.8. The molecule has 17 atom stereocenters. The van der Waals surface area contributed by atoms with E-state index in [0.29, 0.717) is 13.0 Å². The Hall–Kier alpha value is -0.900. The van der Waals surface area contributed by atoms with E-state index in [4.69, 9.17) is 57.1 Å². The fourth-order valence-electron chi connectivity index (χ4n) is 6.26. The van der Waals surface area contributed by atoms with Crippen LogP contribution in [0.1, 0.15) is 33.1 Å². The summed E-state index contributed by atoms with van der Waals surface area (Å²) >= 11 is 0. The third kappa shape index (κ3) is 7.96. The summed E-state index contributed by atoms with van der Waals surface area (Å²) in [6.45, 7) is 4.29. The number of hydrogen-bond donors (Lipinski definition) is 10. The first-order valence-electron chi connectivity index (χ1n) is 15.7. The maximum atomic E-state index is 11.5. The summed E-state index contributed by atoms with van der Waals surface area (Å²) in [6, 6.07) is -2.63. The van der Waals surface area contributed by atoms with Gasteiger partial charge in [-0.15, -0.1) is 0 Å². The SMILES string of the molecule is CCCCNC1CC(N)C(OC2OC(CN)C=CC2N)C(OC2OC(CO)C(OC3OC(CN)C(C)C(O)C3N)C2O)C1O. The molecule has 44 heavy (non-hydrogen) atoms. The Morgan fingerprint density at radius 2 is 1.50 bits per heavy atom. The van der Waals surface area contributed by atoms with Crippen LogP contribution in [0.5, 0.6) is 0 Å². The molecule has 1 aliphatic carbocycles. The highest BCUT2D eigenvalue weighted by Gasteiger charge is 2.53. The zero-order valence-electron chi connectivity index (χ0n) is 25.5. The third-order valence-electron chi connectivity index (χ3n) is 9.08. The molecule has 3 heterocycles. The van der Waals surface area contributed by atoms with Gasteiger partial charge < -0.3 is 82.8 Å². The van der Waals surface area contributed by atoms with E-state index in [1.54, 1.807) is 19.1 Å². The molecule has 0 amide bonds. The first-order chi connectivity index (χ1) is 21.0. The number of ether oxygens (including phenoxy) is 6. The van der Waals surface area contributed by atoms with Gasteiger partial charge in [-0.1, -0.05) is 32.4 Å². The van der Waals surface area contributed by atoms with E-state index in [2.05, 4.69) is 12.2 Å². The van der Waals surface area contributed by atoms with Crippen LogP contribution in [0.15, 0.2) is 12.2 Å². The lowest BCUT2D eigenvalue weighted by atomic mass is 9.83. The summed E-state index contributed by atoms with van der Waals surface area (Å²) < 4.78 is 36.2. The van der Waals surface area contributed by atoms with Crippen molar-refractivity contribution in [2.75, 3.05) is 26.2 Å². The van der Waals surface area contributed by atoms with Gasteiger partial charge >= 0.3 is 0 Å². The quantitative estimate of drug-likeness (QED) is 0.0677. The maximum absolute atomic E-state index is 11.5. The Bertz CT molecular complexity index is 909. The molecule has 2 saturated heterocycles. The molecule has 0 aromatic rings. The van der Waals surface area contributed by atoms with Crippen LogP contribution in [-0.4, -0.2) is 145 Å². The van der Waals surface area contributed by atoms with Crippen LogP contribution in [0.25, 0.3) is 0 Å². The van der Waals surface area contributed by atoms with Gasteiger partial charge in [0.25, 0.3) is 0 Å². The number of nitrogens with two attached hydrogens (primary N) is 5. The maximum Gasteiger partial charge on any atom is 0.187 e. The van der Waals surface area contributed by atoms with Crippen molar-refractivity contribution in [2.45, 2.75) is 131 Å². The van der Waals surface area contributed by atoms with Crippen molar-refractivity contribution in [1.82, 2.24) is 5.32 Å². The van der Waals surface area contributed by atoms with Crippen molar-refractivity contribution in [1.29, 1.82) is 0 Å². The molecule has 15 N–H and O–H groups in total. The van der Waals surface area contributed by atoms with Crippen LogP contribution in [0.2, 0.25) is 0 Å². The number of hydrogen-bond acceptors (Lipinski definition) is 16. The minimum absolute atomic E-state index is 0.120. The lowest BCUT2D eigenvalue weighted by Gasteiger charge is -2.46. The number of nitrogens with one attached hydrogen (secondary N) is 1. The van der Waals surface area contributed by atoms with Gasteiger partial charge in [0, 0.05) is 31.1 Å². The molecule has 16 heteroatoms. The van der Waals surface area contributed by atoms with Crippen molar-refractivity contribution in [2.24, 2.45) is 34.6 Å². The molecule has 256 valence electrons. The Balaban J connectivity index is 1.52. The molecule has 17 unspecified atom stereocenters. The molecular formula is C28H54N6O10. The van der Waals surface area contributed by atoms with Crippen molar-refractivity contribution in [3.05, 3.63) is 12.2 Å². The van der Waals surface area contributed by atoms with Crippen LogP contribution in [0.3, 0.4) is 0 Å². The molecule has 4 aliphatic rings. The second kappa shape index (κ2) is 16.3. The minimum atomic E-state index is -1.45. The molecular weight excluding hydrogens is 580 g/mol. The summed E-state index contributed by atoms with van der Waals surface area (Å²) in [4.78, 5) is 0. The van der Waals surface area contributed by atoms with E-state index in [1.807, 2.05) is 0 Å². The molecule has 0 bridgehead atoms. The molecule has 4 rings (SSSR count). The van der Waals surface area contributed by atoms with E-state index in [1.165, 1.54) is 0 Å². The summed E-state index contributed by atoms with van der Waals surface area (Å²) in [5.74, 6) is -0.339. The fraction of sp³-hybridized carbons (Fsp3) is 0.929. The second-order valence-corrected chi connectivity index (χ2v) is 12.3. The monoisotopic (exact) mass is 634 g/mol. The fourth-order valence-corrected chi connectivity index (χ4v) is 6.26. The topological polar surface area (TPSA) is 278 Å². The van der Waals surface area contributed by atoms with Gasteiger partial charge in [-0.25, -0.2) is 0 Å². The second-order valence-electron chi connectivity index (χ2n) is 12.3. The van der Waals surface area contributed by atoms with Gasteiger partial charge in [-0.3, -0.25) is 0 Å². The predicted molar refractivity (Wildman–Crippen MR) is 157 cm³/mol. The number of aliphatic hydroxyl groups is 4. The number of unbranched alkanes of at least 4 members (excludes halogenated alkanes) is 1. The summed E-state index contributed by atoms with van der Waals surface area (Å²) in [7, 11) is 0. The van der Waals surface area contributed by atoms with Crippen LogP contribution in [0.4, 0.5) is 0 Å². The van der Waals surface area contributed by atoms with Gasteiger partial charge in [0.05, 0.1) is 43.1 Å². The standard InChI is InChI=1S/C28H54N6O10/c1-3-4-7-34-16-8-15(32)23(42-26-14(31)6-5-13(9-29)39-26)25(21(16)37)44-28-22(38)24(18(11-35)41-28)43-27-19(33)20(36)12(2)17(10-30)40-27/h5-6,12-28,34-38H,3-4,7-11,29-33H2,1-2H3. The zero-order chi connectivity index (χ0) is 32.1. The van der Waals surface area contributed by atoms with E-state index < -0.39 is 105 Å². The smallest absolute Gasteiger partial charge is 0.187 e. The highest BCUT2D eigenvalue weighted by Crippen LogP contribution is 2.34. The Labute approximate surface area is 258 Å². The lowest BCUT2D eigenvalue weighted by molar-refractivity contribution is -0.281. The van der Waals surface area contributed by atoms with E-state index in [9.17, 15) is 20.4 Å². The van der Waals surface area contributed by atoms with E-state index >= 15 is 0 Å². The van der Waals surface area contributed by atoms with Gasteiger partial charge in [-0.2, -0.15) is 0 Å². The largest absolute Gasteiger partial charge is 0.394 e. The molecule has 3 fully saturated rings. The Morgan fingerprint density at radius 3 is 2.16 bits per heavy atom. The van der Waals surface area contributed by atoms with Crippen LogP contribution in [-0.2, 0) is 28.4 Å². The molecule has 0 spiro atoms. The minimum Gasteiger partial charge on any atom is -0.394 e. The van der Waals surface area contributed by atoms with Gasteiger partial charge in [0.2, 0.25) is 0 Å². The molecule has 1 saturated carbocycles. The average Bonchev–Trinajstić information content (AvgIpc) is 3.31. The van der Waals surface area contributed by atoms with Crippen molar-refractivity contribution < 1.29 is 48.8 Å². The predicted octanol–water partition coefficient (Wildman–Crippen LogP) is -4.35. The van der Waals surface area contributed by atoms with Crippen LogP contribution < -0.4 is 34.0 Å². The first-order valence-corrected chi connectivity index (χ1v) is 15.7. The first kappa shape index (κ1) is 35.9. The zero-order valence-corrected chi connectivity index (χ0v) is 25.5. The summed E-state index contributed by atoms with van der Waals surface area (Å²) in [6.07, 6.45) is -6.43. The number of aliphatic hydroxyl groups excluding tert-OH is 4. The molecule has 0 radical (unpaired) electrons. The average molecular weight is 635 g/mol. The van der Waals surface area contributed by atoms with E-state index in [-0.39, 0.29) is 19.0 Å². The third-order valence-corrected chi connectivity index (χ3v) is 9.08. The van der Waals surface area contributed by atoms with Crippen LogP contribution >= 0.6 is 0 Å². The van der Waals surface area contributed by atoms with Gasteiger partial charge in [0.15, 0.2) is 18.9 Å². The molecule has 3 aliphatic heterocycles. The highest BCUT2D eigenvalue weighted by molar-refractivity contribution is 5.05. The molecule has 0 aromatic carbocycles. The van der Waals surface area contributed by atoms with Crippen molar-refractivity contribution in [3.63, 3.8) is 0 Å². The molecule has 0 aromatic heterocycles. The van der Waals surface area contributed by atoms with Gasteiger partial charge in [0.1, 0.15) is 30.5 Å². The number of rotatable bonds is 13. The Morgan fingerprint density at radius 1 is 0.818 bits per heavy atom. The lowest BCUT2D eigenvalue weighted by Crippen LogP contribution is -2.66. The Kier molecular flexibility index (Phi) is 13.3. The summed E-state index contributed by atoms with van der Waals surface area (Å²) in [5.41, 5.74) is 30.6. The van der Waals surface area contributed by atoms with Gasteiger partial charge in [-0.05, 0) is 19.4 Å². The van der Waals surface area contributed by atoms with Crippen molar-refractivity contribution >= 4 is 0 Å². The normalized spacial score (nSPS) is 48.1. The van der Waals surface area contributed by atoms with Crippen molar-refractivity contribution in [3.8, 4) is 0 Å². The van der Waals surface area contributed by atoms with E-state index in [0.717, 1.165) is 12.8 Å². The molecule has 16 nitrogen and oxygen atoms in total. The summed E-state index contributed by atoms with van der Waals surface area (Å²) in [5, 5.41) is 46.9.